The highest BCUT2D eigenvalue weighted by molar-refractivity contribution is 5.71. The first kappa shape index (κ1) is 16.2. The molecule has 0 saturated carbocycles. The van der Waals surface area contributed by atoms with Crippen LogP contribution in [0, 0.1) is 0 Å². The quantitative estimate of drug-likeness (QED) is 0.782. The molecule has 1 aromatic carbocycles. The molecule has 1 aliphatic heterocycles. The Labute approximate surface area is 134 Å². The fourth-order valence-corrected chi connectivity index (χ4v) is 2.33. The average molecular weight is 342 g/mol. The Morgan fingerprint density at radius 2 is 2.00 bits per heavy atom. The molecule has 1 aliphatic rings. The second-order valence-electron chi connectivity index (χ2n) is 5.55. The summed E-state index contributed by atoms with van der Waals surface area (Å²) in [5.74, 6) is 0.0622. The van der Waals surface area contributed by atoms with Gasteiger partial charge < -0.3 is 14.2 Å². The summed E-state index contributed by atoms with van der Waals surface area (Å²) >= 11 is 0. The van der Waals surface area contributed by atoms with Crippen LogP contribution in [0.15, 0.2) is 30.5 Å². The SMILES string of the molecule is CC1(COc2ccc(OC(F)(F)F)cc2)Cn2cc(C=O)nc2O1. The van der Waals surface area contributed by atoms with Crippen LogP contribution in [-0.4, -0.2) is 34.4 Å². The van der Waals surface area contributed by atoms with Crippen LogP contribution in [-0.2, 0) is 6.54 Å². The molecule has 0 N–H and O–H groups in total. The number of fused-ring (bicyclic) bond motifs is 1. The van der Waals surface area contributed by atoms with E-state index in [0.29, 0.717) is 24.6 Å². The molecule has 3 rings (SSSR count). The zero-order valence-electron chi connectivity index (χ0n) is 12.5. The number of nitrogens with zero attached hydrogens (tertiary/aromatic N) is 2. The molecule has 0 fully saturated rings. The minimum Gasteiger partial charge on any atom is -0.489 e. The summed E-state index contributed by atoms with van der Waals surface area (Å²) in [4.78, 5) is 14.7. The topological polar surface area (TPSA) is 62.6 Å². The fourth-order valence-electron chi connectivity index (χ4n) is 2.33. The number of ether oxygens (including phenoxy) is 3. The standard InChI is InChI=1S/C15H13F3N2O4/c1-14(8-20-6-10(7-21)19-13(20)24-14)9-22-11-2-4-12(5-3-11)23-15(16,17)18/h2-7H,8-9H2,1H3. The smallest absolute Gasteiger partial charge is 0.489 e. The van der Waals surface area contributed by atoms with E-state index in [0.717, 1.165) is 0 Å². The summed E-state index contributed by atoms with van der Waals surface area (Å²) < 4.78 is 53.0. The van der Waals surface area contributed by atoms with Crippen molar-refractivity contribution < 1.29 is 32.2 Å². The van der Waals surface area contributed by atoms with Crippen LogP contribution < -0.4 is 14.2 Å². The normalized spacial score (nSPS) is 19.5. The van der Waals surface area contributed by atoms with Crippen LogP contribution in [0.25, 0.3) is 0 Å². The van der Waals surface area contributed by atoms with E-state index in [-0.39, 0.29) is 18.1 Å². The third-order valence-corrected chi connectivity index (χ3v) is 3.32. The Hall–Kier alpha value is -2.71. The number of alkyl halides is 3. The summed E-state index contributed by atoms with van der Waals surface area (Å²) in [6.45, 7) is 2.41. The van der Waals surface area contributed by atoms with Crippen LogP contribution >= 0.6 is 0 Å². The molecule has 0 aliphatic carbocycles. The summed E-state index contributed by atoms with van der Waals surface area (Å²) in [5.41, 5.74) is -0.404. The second kappa shape index (κ2) is 5.73. The Bertz CT molecular complexity index is 717. The number of benzene rings is 1. The number of carbonyl (C=O) groups excluding carboxylic acids is 1. The summed E-state index contributed by atoms with van der Waals surface area (Å²) in [7, 11) is 0. The molecule has 1 atom stereocenters. The maximum absolute atomic E-state index is 12.1. The molecular weight excluding hydrogens is 329 g/mol. The lowest BCUT2D eigenvalue weighted by atomic mass is 10.1. The van der Waals surface area contributed by atoms with Crippen LogP contribution in [0.4, 0.5) is 13.2 Å². The average Bonchev–Trinajstić information content (AvgIpc) is 3.00. The minimum atomic E-state index is -4.73. The number of hydrogen-bond donors (Lipinski definition) is 0. The van der Waals surface area contributed by atoms with Gasteiger partial charge in [0.25, 0.3) is 6.01 Å². The highest BCUT2D eigenvalue weighted by Gasteiger charge is 2.37. The van der Waals surface area contributed by atoms with Gasteiger partial charge in [-0.3, -0.25) is 9.36 Å². The van der Waals surface area contributed by atoms with Crippen LogP contribution in [0.2, 0.25) is 0 Å². The van der Waals surface area contributed by atoms with Gasteiger partial charge in [-0.25, -0.2) is 0 Å². The first-order chi connectivity index (χ1) is 11.3. The van der Waals surface area contributed by atoms with Crippen molar-refractivity contribution in [3.8, 4) is 17.5 Å². The van der Waals surface area contributed by atoms with Crippen molar-refractivity contribution in [3.63, 3.8) is 0 Å². The van der Waals surface area contributed by atoms with E-state index in [2.05, 4.69) is 9.72 Å². The van der Waals surface area contributed by atoms with E-state index in [1.807, 2.05) is 6.92 Å². The molecule has 0 radical (unpaired) electrons. The zero-order valence-corrected chi connectivity index (χ0v) is 12.5. The van der Waals surface area contributed by atoms with E-state index in [1.54, 1.807) is 10.8 Å². The number of rotatable bonds is 5. The molecule has 128 valence electrons. The van der Waals surface area contributed by atoms with Gasteiger partial charge in [-0.05, 0) is 31.2 Å². The van der Waals surface area contributed by atoms with Crippen molar-refractivity contribution in [3.05, 3.63) is 36.2 Å². The lowest BCUT2D eigenvalue weighted by molar-refractivity contribution is -0.274. The van der Waals surface area contributed by atoms with Gasteiger partial charge in [0.2, 0.25) is 0 Å². The van der Waals surface area contributed by atoms with Crippen LogP contribution in [0.3, 0.4) is 0 Å². The van der Waals surface area contributed by atoms with Gasteiger partial charge in [-0.2, -0.15) is 4.98 Å². The van der Waals surface area contributed by atoms with Crippen molar-refractivity contribution in [2.45, 2.75) is 25.4 Å². The highest BCUT2D eigenvalue weighted by Crippen LogP contribution is 2.30. The molecule has 1 unspecified atom stereocenters. The van der Waals surface area contributed by atoms with E-state index in [1.165, 1.54) is 24.3 Å². The predicted octanol–water partition coefficient (Wildman–Crippen LogP) is 2.82. The van der Waals surface area contributed by atoms with Crippen molar-refractivity contribution >= 4 is 6.29 Å². The molecule has 0 spiro atoms. The van der Waals surface area contributed by atoms with E-state index < -0.39 is 12.0 Å². The van der Waals surface area contributed by atoms with Gasteiger partial charge in [-0.15, -0.1) is 13.2 Å². The third kappa shape index (κ3) is 3.61. The molecule has 9 heteroatoms. The number of imidazole rings is 1. The number of aldehydes is 1. The van der Waals surface area contributed by atoms with Gasteiger partial charge in [0.15, 0.2) is 11.9 Å². The maximum atomic E-state index is 12.1. The maximum Gasteiger partial charge on any atom is 0.573 e. The first-order valence-electron chi connectivity index (χ1n) is 6.96. The van der Waals surface area contributed by atoms with Crippen LogP contribution in [0.1, 0.15) is 17.4 Å². The molecule has 0 bridgehead atoms. The molecular formula is C15H13F3N2O4. The molecule has 2 aromatic rings. The number of aromatic nitrogens is 2. The summed E-state index contributed by atoms with van der Waals surface area (Å²) in [6.07, 6.45) is -2.52. The summed E-state index contributed by atoms with van der Waals surface area (Å²) in [6, 6.07) is 5.42. The van der Waals surface area contributed by atoms with Crippen molar-refractivity contribution in [2.24, 2.45) is 0 Å². The molecule has 0 saturated heterocycles. The second-order valence-corrected chi connectivity index (χ2v) is 5.55. The number of halogens is 3. The Morgan fingerprint density at radius 1 is 1.33 bits per heavy atom. The Morgan fingerprint density at radius 3 is 2.58 bits per heavy atom. The van der Waals surface area contributed by atoms with E-state index in [4.69, 9.17) is 9.47 Å². The van der Waals surface area contributed by atoms with Crippen molar-refractivity contribution in [1.29, 1.82) is 0 Å². The molecule has 6 nitrogen and oxygen atoms in total. The molecule has 2 heterocycles. The Kier molecular flexibility index (Phi) is 3.86. The number of hydrogen-bond acceptors (Lipinski definition) is 5. The zero-order chi connectivity index (χ0) is 17.4. The monoisotopic (exact) mass is 342 g/mol. The first-order valence-corrected chi connectivity index (χ1v) is 6.96. The molecule has 24 heavy (non-hydrogen) atoms. The van der Waals surface area contributed by atoms with Crippen molar-refractivity contribution in [2.75, 3.05) is 6.61 Å². The molecule has 1 aromatic heterocycles. The van der Waals surface area contributed by atoms with E-state index >= 15 is 0 Å². The minimum absolute atomic E-state index is 0.159. The van der Waals surface area contributed by atoms with Gasteiger partial charge in [0.1, 0.15) is 23.8 Å². The van der Waals surface area contributed by atoms with Gasteiger partial charge >= 0.3 is 6.36 Å². The highest BCUT2D eigenvalue weighted by atomic mass is 19.4. The summed E-state index contributed by atoms with van der Waals surface area (Å²) in [5, 5.41) is 0. The lowest BCUT2D eigenvalue weighted by Crippen LogP contribution is -2.38. The van der Waals surface area contributed by atoms with Gasteiger partial charge in [0.05, 0.1) is 6.54 Å². The predicted molar refractivity (Wildman–Crippen MR) is 75.3 cm³/mol. The largest absolute Gasteiger partial charge is 0.573 e. The fraction of sp³-hybridized carbons (Fsp3) is 0.333. The van der Waals surface area contributed by atoms with Crippen molar-refractivity contribution in [1.82, 2.24) is 9.55 Å². The van der Waals surface area contributed by atoms with Gasteiger partial charge in [-0.1, -0.05) is 0 Å². The lowest BCUT2D eigenvalue weighted by Gasteiger charge is -2.22. The number of carbonyl (C=O) groups is 1. The van der Waals surface area contributed by atoms with E-state index in [9.17, 15) is 18.0 Å². The Balaban J connectivity index is 1.58. The van der Waals surface area contributed by atoms with Gasteiger partial charge in [0, 0.05) is 6.20 Å². The molecule has 0 amide bonds. The third-order valence-electron chi connectivity index (χ3n) is 3.32. The van der Waals surface area contributed by atoms with Crippen LogP contribution in [0.5, 0.6) is 17.5 Å².